The lowest BCUT2D eigenvalue weighted by Gasteiger charge is -2.37. The van der Waals surface area contributed by atoms with E-state index < -0.39 is 5.60 Å². The third-order valence-corrected chi connectivity index (χ3v) is 3.74. The summed E-state index contributed by atoms with van der Waals surface area (Å²) in [5.41, 5.74) is 1.80. The van der Waals surface area contributed by atoms with Crippen molar-refractivity contribution in [3.05, 3.63) is 29.3 Å². The number of nitrogens with zero attached hydrogens (tertiary/aromatic N) is 1. The number of fused-ring (bicyclic) bond motifs is 1. The highest BCUT2D eigenvalue weighted by Gasteiger charge is 2.33. The fraction of sp³-hybridized carbons (Fsp3) is 0.611. The van der Waals surface area contributed by atoms with Gasteiger partial charge in [0.05, 0.1) is 19.3 Å². The number of ether oxygens (including phenoxy) is 3. The van der Waals surface area contributed by atoms with Crippen LogP contribution >= 0.6 is 0 Å². The summed E-state index contributed by atoms with van der Waals surface area (Å²) in [7, 11) is 1.65. The summed E-state index contributed by atoms with van der Waals surface area (Å²) in [4.78, 5) is 14.3. The van der Waals surface area contributed by atoms with Gasteiger partial charge in [-0.2, -0.15) is 0 Å². The Morgan fingerprint density at radius 1 is 1.35 bits per heavy atom. The Labute approximate surface area is 138 Å². The molecule has 1 aliphatic heterocycles. The van der Waals surface area contributed by atoms with E-state index in [4.69, 9.17) is 14.2 Å². The third kappa shape index (κ3) is 4.38. The van der Waals surface area contributed by atoms with Crippen LogP contribution < -0.4 is 4.74 Å². The molecule has 0 fully saturated rings. The molecule has 1 atom stereocenters. The molecule has 0 saturated carbocycles. The van der Waals surface area contributed by atoms with Crippen LogP contribution in [0.1, 0.15) is 44.9 Å². The van der Waals surface area contributed by atoms with Crippen LogP contribution in [0, 0.1) is 0 Å². The van der Waals surface area contributed by atoms with Crippen LogP contribution in [-0.2, 0) is 15.9 Å². The number of benzene rings is 1. The van der Waals surface area contributed by atoms with Crippen molar-refractivity contribution in [2.24, 2.45) is 0 Å². The number of hydrogen-bond donors (Lipinski definition) is 0. The predicted molar refractivity (Wildman–Crippen MR) is 88.9 cm³/mol. The molecule has 0 bridgehead atoms. The van der Waals surface area contributed by atoms with Gasteiger partial charge in [0, 0.05) is 13.7 Å². The van der Waals surface area contributed by atoms with Gasteiger partial charge in [-0.1, -0.05) is 6.07 Å². The molecule has 0 saturated heterocycles. The topological polar surface area (TPSA) is 48.0 Å². The molecule has 1 heterocycles. The van der Waals surface area contributed by atoms with Crippen molar-refractivity contribution >= 4 is 6.09 Å². The molecule has 5 heteroatoms. The zero-order chi connectivity index (χ0) is 17.0. The van der Waals surface area contributed by atoms with Crippen LogP contribution in [-0.4, -0.2) is 43.5 Å². The summed E-state index contributed by atoms with van der Waals surface area (Å²) < 4.78 is 16.5. The Kier molecular flexibility index (Phi) is 5.52. The Balaban J connectivity index is 2.26. The number of methoxy groups -OCH3 is 1. The molecular weight excluding hydrogens is 294 g/mol. The molecule has 0 radical (unpaired) electrons. The van der Waals surface area contributed by atoms with E-state index in [-0.39, 0.29) is 12.1 Å². The second kappa shape index (κ2) is 7.21. The molecule has 23 heavy (non-hydrogen) atoms. The smallest absolute Gasteiger partial charge is 0.410 e. The quantitative estimate of drug-likeness (QED) is 0.850. The molecule has 1 aliphatic rings. The number of amides is 1. The van der Waals surface area contributed by atoms with Crippen molar-refractivity contribution in [1.29, 1.82) is 0 Å². The van der Waals surface area contributed by atoms with Gasteiger partial charge in [0.25, 0.3) is 0 Å². The van der Waals surface area contributed by atoms with Gasteiger partial charge in [-0.25, -0.2) is 4.79 Å². The average molecular weight is 321 g/mol. The first-order valence-corrected chi connectivity index (χ1v) is 8.10. The number of hydrogen-bond acceptors (Lipinski definition) is 4. The number of carbonyl (C=O) groups excluding carboxylic acids is 1. The minimum Gasteiger partial charge on any atom is -0.494 e. The average Bonchev–Trinajstić information content (AvgIpc) is 2.46. The van der Waals surface area contributed by atoms with Crippen molar-refractivity contribution in [2.75, 3.05) is 26.9 Å². The highest BCUT2D eigenvalue weighted by molar-refractivity contribution is 5.69. The van der Waals surface area contributed by atoms with E-state index in [0.29, 0.717) is 19.8 Å². The number of rotatable bonds is 4. The first-order chi connectivity index (χ1) is 10.9. The molecule has 0 N–H and O–H groups in total. The second-order valence-corrected chi connectivity index (χ2v) is 6.69. The van der Waals surface area contributed by atoms with E-state index in [0.717, 1.165) is 17.7 Å². The lowest BCUT2D eigenvalue weighted by Crippen LogP contribution is -2.44. The molecule has 5 nitrogen and oxygen atoms in total. The van der Waals surface area contributed by atoms with Crippen molar-refractivity contribution in [2.45, 2.75) is 45.8 Å². The van der Waals surface area contributed by atoms with E-state index in [9.17, 15) is 4.79 Å². The maximum atomic E-state index is 12.5. The van der Waals surface area contributed by atoms with E-state index in [1.165, 1.54) is 5.56 Å². The predicted octanol–water partition coefficient (Wildman–Crippen LogP) is 3.57. The summed E-state index contributed by atoms with van der Waals surface area (Å²) in [5, 5.41) is 0. The molecular formula is C18H27NO4. The first kappa shape index (κ1) is 17.6. The Morgan fingerprint density at radius 2 is 2.09 bits per heavy atom. The van der Waals surface area contributed by atoms with E-state index in [1.807, 2.05) is 39.8 Å². The molecule has 1 aromatic rings. The maximum absolute atomic E-state index is 12.5. The minimum atomic E-state index is -0.506. The van der Waals surface area contributed by atoms with Crippen LogP contribution in [0.5, 0.6) is 5.75 Å². The van der Waals surface area contributed by atoms with Gasteiger partial charge in [-0.05, 0) is 57.4 Å². The molecule has 0 aliphatic carbocycles. The summed E-state index contributed by atoms with van der Waals surface area (Å²) in [6.07, 6.45) is 0.495. The van der Waals surface area contributed by atoms with Crippen molar-refractivity contribution in [3.63, 3.8) is 0 Å². The number of carbonyl (C=O) groups is 1. The molecule has 0 unspecified atom stereocenters. The Hall–Kier alpha value is -1.75. The van der Waals surface area contributed by atoms with Gasteiger partial charge in [0.15, 0.2) is 0 Å². The lowest BCUT2D eigenvalue weighted by atomic mass is 9.93. The zero-order valence-corrected chi connectivity index (χ0v) is 14.7. The zero-order valence-electron chi connectivity index (χ0n) is 14.7. The standard InChI is InChI=1S/C18H27NO4/c1-6-22-14-7-8-15-13(11-14)9-10-19(16(15)12-21-5)17(20)23-18(2,3)4/h7-8,11,16H,6,9-10,12H2,1-5H3/t16-/m0/s1. The lowest BCUT2D eigenvalue weighted by molar-refractivity contribution is 0.00323. The second-order valence-electron chi connectivity index (χ2n) is 6.69. The van der Waals surface area contributed by atoms with Crippen molar-refractivity contribution in [3.8, 4) is 5.75 Å². The summed E-state index contributed by atoms with van der Waals surface area (Å²) in [6, 6.07) is 5.91. The third-order valence-electron chi connectivity index (χ3n) is 3.74. The van der Waals surface area contributed by atoms with Gasteiger partial charge in [0.1, 0.15) is 11.4 Å². The van der Waals surface area contributed by atoms with Crippen LogP contribution in [0.3, 0.4) is 0 Å². The Bertz CT molecular complexity index is 550. The fourth-order valence-electron chi connectivity index (χ4n) is 2.82. The van der Waals surface area contributed by atoms with Crippen LogP contribution in [0.2, 0.25) is 0 Å². The van der Waals surface area contributed by atoms with Crippen LogP contribution in [0.15, 0.2) is 18.2 Å². The Morgan fingerprint density at radius 3 is 2.70 bits per heavy atom. The molecule has 1 amide bonds. The highest BCUT2D eigenvalue weighted by atomic mass is 16.6. The largest absolute Gasteiger partial charge is 0.494 e. The van der Waals surface area contributed by atoms with Gasteiger partial charge < -0.3 is 14.2 Å². The highest BCUT2D eigenvalue weighted by Crippen LogP contribution is 2.33. The SMILES string of the molecule is CCOc1ccc2c(c1)CCN(C(=O)OC(C)(C)C)[C@H]2COC. The van der Waals surface area contributed by atoms with E-state index in [2.05, 4.69) is 6.07 Å². The fourth-order valence-corrected chi connectivity index (χ4v) is 2.82. The first-order valence-electron chi connectivity index (χ1n) is 8.10. The molecule has 0 spiro atoms. The minimum absolute atomic E-state index is 0.130. The van der Waals surface area contributed by atoms with Crippen molar-refractivity contribution in [1.82, 2.24) is 4.90 Å². The summed E-state index contributed by atoms with van der Waals surface area (Å²) in [5.74, 6) is 0.869. The monoisotopic (exact) mass is 321 g/mol. The molecule has 1 aromatic carbocycles. The summed E-state index contributed by atoms with van der Waals surface area (Å²) in [6.45, 7) is 9.31. The van der Waals surface area contributed by atoms with Crippen LogP contribution in [0.25, 0.3) is 0 Å². The van der Waals surface area contributed by atoms with Gasteiger partial charge >= 0.3 is 6.09 Å². The summed E-state index contributed by atoms with van der Waals surface area (Å²) >= 11 is 0. The van der Waals surface area contributed by atoms with Crippen LogP contribution in [0.4, 0.5) is 4.79 Å². The van der Waals surface area contributed by atoms with Crippen molar-refractivity contribution < 1.29 is 19.0 Å². The molecule has 2 rings (SSSR count). The van der Waals surface area contributed by atoms with Gasteiger partial charge in [-0.15, -0.1) is 0 Å². The molecule has 0 aromatic heterocycles. The maximum Gasteiger partial charge on any atom is 0.410 e. The van der Waals surface area contributed by atoms with Gasteiger partial charge in [-0.3, -0.25) is 4.90 Å². The van der Waals surface area contributed by atoms with Gasteiger partial charge in [0.2, 0.25) is 0 Å². The van der Waals surface area contributed by atoms with E-state index >= 15 is 0 Å². The van der Waals surface area contributed by atoms with E-state index in [1.54, 1.807) is 12.0 Å². The normalized spacial score (nSPS) is 17.6. The molecule has 128 valence electrons.